The molecule has 1 aromatic rings. The highest BCUT2D eigenvalue weighted by Gasteiger charge is 2.10. The van der Waals surface area contributed by atoms with Crippen LogP contribution in [0.5, 0.6) is 11.5 Å². The van der Waals surface area contributed by atoms with Crippen LogP contribution in [0.4, 0.5) is 0 Å². The Bertz CT molecular complexity index is 407. The van der Waals surface area contributed by atoms with E-state index >= 15 is 0 Å². The van der Waals surface area contributed by atoms with E-state index in [0.29, 0.717) is 24.5 Å². The van der Waals surface area contributed by atoms with Gasteiger partial charge >= 0.3 is 0 Å². The molecule has 0 spiro atoms. The first-order chi connectivity index (χ1) is 8.62. The molecular formula is C13H20N2O3. The molecule has 1 amide bonds. The average molecular weight is 252 g/mol. The van der Waals surface area contributed by atoms with E-state index in [1.807, 2.05) is 19.1 Å². The second-order valence-electron chi connectivity index (χ2n) is 3.92. The lowest BCUT2D eigenvalue weighted by molar-refractivity contribution is -0.122. The smallest absolute Gasteiger partial charge is 0.237 e. The number of carbonyl (C=O) groups excluding carboxylic acids is 1. The van der Waals surface area contributed by atoms with E-state index in [1.165, 1.54) is 0 Å². The largest absolute Gasteiger partial charge is 0.493 e. The summed E-state index contributed by atoms with van der Waals surface area (Å²) in [7, 11) is 3.16. The molecule has 0 saturated heterocycles. The van der Waals surface area contributed by atoms with E-state index < -0.39 is 6.04 Å². The van der Waals surface area contributed by atoms with E-state index in [9.17, 15) is 4.79 Å². The lowest BCUT2D eigenvalue weighted by atomic mass is 10.2. The van der Waals surface area contributed by atoms with Crippen molar-refractivity contribution >= 4 is 5.91 Å². The molecule has 0 aromatic heterocycles. The summed E-state index contributed by atoms with van der Waals surface area (Å²) in [6, 6.07) is 5.06. The van der Waals surface area contributed by atoms with Crippen LogP contribution in [-0.2, 0) is 11.3 Å². The van der Waals surface area contributed by atoms with Crippen molar-refractivity contribution in [3.05, 3.63) is 23.8 Å². The van der Waals surface area contributed by atoms with Gasteiger partial charge in [0.25, 0.3) is 0 Å². The predicted octanol–water partition coefficient (Wildman–Crippen LogP) is 1.06. The number of nitrogens with one attached hydrogen (secondary N) is 1. The average Bonchev–Trinajstić information content (AvgIpc) is 2.43. The number of nitrogens with two attached hydrogens (primary N) is 1. The summed E-state index contributed by atoms with van der Waals surface area (Å²) in [5.41, 5.74) is 6.56. The zero-order chi connectivity index (χ0) is 13.5. The summed E-state index contributed by atoms with van der Waals surface area (Å²) < 4.78 is 10.3. The molecule has 0 aliphatic heterocycles. The molecule has 5 nitrogen and oxygen atoms in total. The first-order valence-electron chi connectivity index (χ1n) is 5.86. The molecule has 0 heterocycles. The van der Waals surface area contributed by atoms with Crippen LogP contribution in [0.1, 0.15) is 18.9 Å². The number of hydrogen-bond donors (Lipinski definition) is 2. The number of hydrogen-bond acceptors (Lipinski definition) is 4. The summed E-state index contributed by atoms with van der Waals surface area (Å²) in [6.07, 6.45) is 0.623. The summed E-state index contributed by atoms with van der Waals surface area (Å²) in [6.45, 7) is 2.30. The second-order valence-corrected chi connectivity index (χ2v) is 3.92. The Labute approximate surface area is 107 Å². The number of ether oxygens (including phenoxy) is 2. The van der Waals surface area contributed by atoms with Crippen LogP contribution in [0.25, 0.3) is 0 Å². The van der Waals surface area contributed by atoms with Crippen molar-refractivity contribution in [2.75, 3.05) is 14.2 Å². The van der Waals surface area contributed by atoms with Crippen LogP contribution >= 0.6 is 0 Å². The van der Waals surface area contributed by atoms with Crippen molar-refractivity contribution in [1.29, 1.82) is 0 Å². The van der Waals surface area contributed by atoms with Crippen LogP contribution < -0.4 is 20.5 Å². The maximum Gasteiger partial charge on any atom is 0.237 e. The van der Waals surface area contributed by atoms with Crippen molar-refractivity contribution in [2.45, 2.75) is 25.9 Å². The Hall–Kier alpha value is -1.75. The number of methoxy groups -OCH3 is 2. The molecule has 1 rings (SSSR count). The van der Waals surface area contributed by atoms with Crippen molar-refractivity contribution in [3.63, 3.8) is 0 Å². The molecule has 100 valence electrons. The Morgan fingerprint density at radius 2 is 2.00 bits per heavy atom. The molecule has 3 N–H and O–H groups in total. The van der Waals surface area contributed by atoms with Crippen LogP contribution in [0, 0.1) is 0 Å². The van der Waals surface area contributed by atoms with Gasteiger partial charge in [0.1, 0.15) is 0 Å². The van der Waals surface area contributed by atoms with Crippen molar-refractivity contribution in [2.24, 2.45) is 5.73 Å². The number of amides is 1. The van der Waals surface area contributed by atoms with Gasteiger partial charge in [-0.05, 0) is 24.1 Å². The van der Waals surface area contributed by atoms with E-state index in [-0.39, 0.29) is 5.91 Å². The lowest BCUT2D eigenvalue weighted by Gasteiger charge is -2.12. The zero-order valence-corrected chi connectivity index (χ0v) is 11.0. The van der Waals surface area contributed by atoms with Crippen molar-refractivity contribution < 1.29 is 14.3 Å². The summed E-state index contributed by atoms with van der Waals surface area (Å²) in [4.78, 5) is 11.5. The van der Waals surface area contributed by atoms with E-state index in [0.717, 1.165) is 5.56 Å². The maximum atomic E-state index is 11.5. The number of rotatable bonds is 6. The highest BCUT2D eigenvalue weighted by molar-refractivity contribution is 5.81. The highest BCUT2D eigenvalue weighted by Crippen LogP contribution is 2.27. The second kappa shape index (κ2) is 6.86. The first-order valence-corrected chi connectivity index (χ1v) is 5.86. The monoisotopic (exact) mass is 252 g/mol. The van der Waals surface area contributed by atoms with Gasteiger partial charge in [-0.1, -0.05) is 13.0 Å². The molecule has 1 atom stereocenters. The molecule has 0 aliphatic rings. The van der Waals surface area contributed by atoms with Gasteiger partial charge in [-0.15, -0.1) is 0 Å². The van der Waals surface area contributed by atoms with Crippen molar-refractivity contribution in [1.82, 2.24) is 5.32 Å². The van der Waals surface area contributed by atoms with Gasteiger partial charge in [0.2, 0.25) is 5.91 Å². The maximum absolute atomic E-state index is 11.5. The molecule has 0 saturated carbocycles. The standard InChI is InChI=1S/C13H20N2O3/c1-4-10(14)13(16)15-8-9-5-6-11(17-2)12(7-9)18-3/h5-7,10H,4,8,14H2,1-3H3,(H,15,16). The third kappa shape index (κ3) is 3.63. The Morgan fingerprint density at radius 3 is 2.56 bits per heavy atom. The van der Waals surface area contributed by atoms with Crippen LogP contribution in [0.15, 0.2) is 18.2 Å². The first kappa shape index (κ1) is 14.3. The quantitative estimate of drug-likeness (QED) is 0.794. The molecule has 0 fully saturated rings. The zero-order valence-electron chi connectivity index (χ0n) is 11.0. The van der Waals surface area contributed by atoms with Crippen LogP contribution in [-0.4, -0.2) is 26.2 Å². The molecular weight excluding hydrogens is 232 g/mol. The third-order valence-corrected chi connectivity index (χ3v) is 2.69. The Morgan fingerprint density at radius 1 is 1.33 bits per heavy atom. The van der Waals surface area contributed by atoms with E-state index in [2.05, 4.69) is 5.32 Å². The van der Waals surface area contributed by atoms with Crippen molar-refractivity contribution in [3.8, 4) is 11.5 Å². The topological polar surface area (TPSA) is 73.6 Å². The fraction of sp³-hybridized carbons (Fsp3) is 0.462. The minimum Gasteiger partial charge on any atom is -0.493 e. The van der Waals surface area contributed by atoms with Gasteiger partial charge in [-0.25, -0.2) is 0 Å². The van der Waals surface area contributed by atoms with Gasteiger partial charge in [0.15, 0.2) is 11.5 Å². The van der Waals surface area contributed by atoms with Gasteiger partial charge in [-0.2, -0.15) is 0 Å². The number of carbonyl (C=O) groups is 1. The molecule has 1 unspecified atom stereocenters. The molecule has 18 heavy (non-hydrogen) atoms. The van der Waals surface area contributed by atoms with Crippen LogP contribution in [0.2, 0.25) is 0 Å². The van der Waals surface area contributed by atoms with Gasteiger partial charge in [0, 0.05) is 6.54 Å². The Kier molecular flexibility index (Phi) is 5.45. The minimum atomic E-state index is -0.454. The fourth-order valence-electron chi connectivity index (χ4n) is 1.50. The molecule has 0 aliphatic carbocycles. The van der Waals surface area contributed by atoms with Gasteiger partial charge in [-0.3, -0.25) is 4.79 Å². The fourth-order valence-corrected chi connectivity index (χ4v) is 1.50. The van der Waals surface area contributed by atoms with Crippen LogP contribution in [0.3, 0.4) is 0 Å². The molecule has 0 bridgehead atoms. The summed E-state index contributed by atoms with van der Waals surface area (Å²) in [5.74, 6) is 1.16. The minimum absolute atomic E-state index is 0.146. The number of benzene rings is 1. The highest BCUT2D eigenvalue weighted by atomic mass is 16.5. The molecule has 0 radical (unpaired) electrons. The normalized spacial score (nSPS) is 11.8. The Balaban J connectivity index is 2.66. The third-order valence-electron chi connectivity index (χ3n) is 2.69. The van der Waals surface area contributed by atoms with Gasteiger partial charge in [0.05, 0.1) is 20.3 Å². The SMILES string of the molecule is CCC(N)C(=O)NCc1ccc(OC)c(OC)c1. The predicted molar refractivity (Wildman–Crippen MR) is 69.7 cm³/mol. The van der Waals surface area contributed by atoms with Gasteiger partial charge < -0.3 is 20.5 Å². The van der Waals surface area contributed by atoms with E-state index in [4.69, 9.17) is 15.2 Å². The molecule has 1 aromatic carbocycles. The van der Waals surface area contributed by atoms with E-state index in [1.54, 1.807) is 20.3 Å². The molecule has 5 heteroatoms. The summed E-state index contributed by atoms with van der Waals surface area (Å²) in [5, 5.41) is 2.78. The lowest BCUT2D eigenvalue weighted by Crippen LogP contribution is -2.39. The summed E-state index contributed by atoms with van der Waals surface area (Å²) >= 11 is 0.